The first-order valence-electron chi connectivity index (χ1n) is 10.5. The molecule has 0 saturated carbocycles. The first kappa shape index (κ1) is 20.0. The molecule has 0 aliphatic carbocycles. The van der Waals surface area contributed by atoms with Crippen molar-refractivity contribution in [1.82, 2.24) is 4.98 Å². The van der Waals surface area contributed by atoms with Gasteiger partial charge in [0, 0.05) is 17.3 Å². The minimum absolute atomic E-state index is 0.0179. The molecule has 1 fully saturated rings. The van der Waals surface area contributed by atoms with Crippen molar-refractivity contribution in [3.63, 3.8) is 0 Å². The van der Waals surface area contributed by atoms with E-state index in [1.165, 1.54) is 0 Å². The molecule has 0 bridgehead atoms. The van der Waals surface area contributed by atoms with Crippen LogP contribution in [0.2, 0.25) is 0 Å². The Bertz CT molecular complexity index is 1210. The third-order valence-electron chi connectivity index (χ3n) is 5.28. The number of para-hydroxylation sites is 2. The van der Waals surface area contributed by atoms with Crippen LogP contribution < -0.4 is 14.4 Å². The number of amides is 1. The van der Waals surface area contributed by atoms with Crippen LogP contribution in [0.3, 0.4) is 0 Å². The Morgan fingerprint density at radius 2 is 1.69 bits per heavy atom. The zero-order chi connectivity index (χ0) is 21.8. The van der Waals surface area contributed by atoms with Crippen molar-refractivity contribution >= 4 is 22.5 Å². The van der Waals surface area contributed by atoms with Crippen molar-refractivity contribution < 1.29 is 19.0 Å². The Balaban J connectivity index is 1.24. The molecule has 1 atom stereocenters. The summed E-state index contributed by atoms with van der Waals surface area (Å²) in [5.41, 5.74) is 1.61. The minimum atomic E-state index is -0.244. The lowest BCUT2D eigenvalue weighted by Crippen LogP contribution is -2.48. The average Bonchev–Trinajstić information content (AvgIpc) is 2.85. The molecule has 160 valence electrons. The second-order valence-corrected chi connectivity index (χ2v) is 7.49. The van der Waals surface area contributed by atoms with Crippen LogP contribution in [0, 0.1) is 0 Å². The van der Waals surface area contributed by atoms with Crippen LogP contribution in [0.5, 0.6) is 17.2 Å². The molecule has 0 N–H and O–H groups in total. The van der Waals surface area contributed by atoms with Crippen LogP contribution >= 0.6 is 0 Å². The van der Waals surface area contributed by atoms with Crippen molar-refractivity contribution in [2.24, 2.45) is 0 Å². The first-order chi connectivity index (χ1) is 15.8. The van der Waals surface area contributed by atoms with Crippen LogP contribution in [-0.4, -0.2) is 36.8 Å². The smallest absolute Gasteiger partial charge is 0.253 e. The van der Waals surface area contributed by atoms with Gasteiger partial charge < -0.3 is 19.1 Å². The molecule has 3 aromatic carbocycles. The van der Waals surface area contributed by atoms with Crippen molar-refractivity contribution in [2.45, 2.75) is 6.10 Å². The topological polar surface area (TPSA) is 60.9 Å². The first-order valence-corrected chi connectivity index (χ1v) is 10.5. The van der Waals surface area contributed by atoms with E-state index in [1.54, 1.807) is 11.1 Å². The van der Waals surface area contributed by atoms with E-state index in [0.29, 0.717) is 24.7 Å². The van der Waals surface area contributed by atoms with Crippen LogP contribution in [0.4, 0.5) is 5.69 Å². The average molecular weight is 426 g/mol. The molecule has 0 radical (unpaired) electrons. The Morgan fingerprint density at radius 3 is 2.53 bits per heavy atom. The molecule has 1 saturated heterocycles. The van der Waals surface area contributed by atoms with Gasteiger partial charge in [0.2, 0.25) is 0 Å². The van der Waals surface area contributed by atoms with Crippen LogP contribution in [0.1, 0.15) is 0 Å². The van der Waals surface area contributed by atoms with E-state index in [-0.39, 0.29) is 18.6 Å². The maximum Gasteiger partial charge on any atom is 0.253 e. The van der Waals surface area contributed by atoms with E-state index in [0.717, 1.165) is 22.3 Å². The number of pyridine rings is 1. The van der Waals surface area contributed by atoms with E-state index in [4.69, 9.17) is 14.2 Å². The van der Waals surface area contributed by atoms with Gasteiger partial charge >= 0.3 is 0 Å². The second kappa shape index (κ2) is 9.08. The molecule has 4 aromatic rings. The molecular weight excluding hydrogens is 404 g/mol. The summed E-state index contributed by atoms with van der Waals surface area (Å²) in [6.45, 7) is 0.759. The molecular formula is C26H22N2O4. The molecule has 1 aromatic heterocycles. The Hall–Kier alpha value is -3.90. The Kier molecular flexibility index (Phi) is 5.68. The van der Waals surface area contributed by atoms with E-state index < -0.39 is 0 Å². The van der Waals surface area contributed by atoms with Gasteiger partial charge in [-0.25, -0.2) is 0 Å². The number of ether oxygens (including phenoxy) is 3. The predicted molar refractivity (Wildman–Crippen MR) is 122 cm³/mol. The number of morpholine rings is 1. The molecule has 1 unspecified atom stereocenters. The molecule has 1 aliphatic rings. The summed E-state index contributed by atoms with van der Waals surface area (Å²) in [4.78, 5) is 18.6. The van der Waals surface area contributed by atoms with Crippen LogP contribution in [0.25, 0.3) is 10.9 Å². The summed E-state index contributed by atoms with van der Waals surface area (Å²) in [6.07, 6.45) is 1.50. The number of benzene rings is 3. The van der Waals surface area contributed by atoms with Gasteiger partial charge in [-0.05, 0) is 48.5 Å². The normalized spacial score (nSPS) is 16.2. The van der Waals surface area contributed by atoms with Crippen LogP contribution in [-0.2, 0) is 9.53 Å². The number of rotatable bonds is 6. The highest BCUT2D eigenvalue weighted by Crippen LogP contribution is 2.27. The Labute approximate surface area is 186 Å². The van der Waals surface area contributed by atoms with Crippen molar-refractivity contribution in [3.8, 4) is 17.2 Å². The Morgan fingerprint density at radius 1 is 0.906 bits per heavy atom. The van der Waals surface area contributed by atoms with Gasteiger partial charge in [0.15, 0.2) is 0 Å². The lowest BCUT2D eigenvalue weighted by atomic mass is 10.2. The lowest BCUT2D eigenvalue weighted by molar-refractivity contribution is -0.130. The molecule has 6 heteroatoms. The summed E-state index contributed by atoms with van der Waals surface area (Å²) < 4.78 is 17.6. The molecule has 1 aliphatic heterocycles. The second-order valence-electron chi connectivity index (χ2n) is 7.49. The van der Waals surface area contributed by atoms with E-state index in [9.17, 15) is 4.79 Å². The summed E-state index contributed by atoms with van der Waals surface area (Å²) in [5, 5.41) is 1.02. The van der Waals surface area contributed by atoms with Gasteiger partial charge in [-0.3, -0.25) is 9.78 Å². The number of fused-ring (bicyclic) bond motifs is 1. The maximum absolute atomic E-state index is 12.5. The molecule has 1 amide bonds. The van der Waals surface area contributed by atoms with Crippen molar-refractivity contribution in [2.75, 3.05) is 24.7 Å². The maximum atomic E-state index is 12.5. The fourth-order valence-corrected chi connectivity index (χ4v) is 3.67. The van der Waals surface area contributed by atoms with Gasteiger partial charge in [-0.15, -0.1) is 0 Å². The van der Waals surface area contributed by atoms with Crippen LogP contribution in [0.15, 0.2) is 91.1 Å². The highest BCUT2D eigenvalue weighted by molar-refractivity contribution is 5.95. The molecule has 5 rings (SSSR count). The predicted octanol–water partition coefficient (Wildman–Crippen LogP) is 4.84. The van der Waals surface area contributed by atoms with Gasteiger partial charge in [0.05, 0.1) is 6.54 Å². The summed E-state index contributed by atoms with van der Waals surface area (Å²) in [6, 6.07) is 26.8. The molecule has 2 heterocycles. The van der Waals surface area contributed by atoms with Gasteiger partial charge in [-0.1, -0.05) is 36.4 Å². The van der Waals surface area contributed by atoms with Crippen molar-refractivity contribution in [3.05, 3.63) is 91.1 Å². The van der Waals surface area contributed by atoms with E-state index in [1.807, 2.05) is 84.9 Å². The van der Waals surface area contributed by atoms with Gasteiger partial charge in [-0.2, -0.15) is 0 Å². The standard InChI is InChI=1S/C26H22N2O4/c29-25-18-30-23(17-31-24-10-4-6-19-7-5-15-27-26(19)24)16-28(25)20-11-13-22(14-12-20)32-21-8-2-1-3-9-21/h1-15,23H,16-18H2. The third kappa shape index (κ3) is 4.40. The van der Waals surface area contributed by atoms with Gasteiger partial charge in [0.25, 0.3) is 5.91 Å². The number of hydrogen-bond acceptors (Lipinski definition) is 5. The highest BCUT2D eigenvalue weighted by atomic mass is 16.5. The SMILES string of the molecule is O=C1COC(COc2cccc3cccnc23)CN1c1ccc(Oc2ccccc2)cc1. The van der Waals surface area contributed by atoms with Gasteiger partial charge in [0.1, 0.15) is 42.1 Å². The fourth-order valence-electron chi connectivity index (χ4n) is 3.67. The number of nitrogens with zero attached hydrogens (tertiary/aromatic N) is 2. The minimum Gasteiger partial charge on any atom is -0.489 e. The quantitative estimate of drug-likeness (QED) is 0.442. The molecule has 0 spiro atoms. The monoisotopic (exact) mass is 426 g/mol. The lowest BCUT2D eigenvalue weighted by Gasteiger charge is -2.32. The summed E-state index contributed by atoms with van der Waals surface area (Å²) in [5.74, 6) is 2.11. The summed E-state index contributed by atoms with van der Waals surface area (Å²) >= 11 is 0. The van der Waals surface area contributed by atoms with E-state index >= 15 is 0 Å². The number of carbonyl (C=O) groups excluding carboxylic acids is 1. The number of carbonyl (C=O) groups is 1. The number of anilines is 1. The zero-order valence-corrected chi connectivity index (χ0v) is 17.4. The zero-order valence-electron chi connectivity index (χ0n) is 17.4. The molecule has 32 heavy (non-hydrogen) atoms. The van der Waals surface area contributed by atoms with Crippen molar-refractivity contribution in [1.29, 1.82) is 0 Å². The number of aromatic nitrogens is 1. The summed E-state index contributed by atoms with van der Waals surface area (Å²) in [7, 11) is 0. The molecule has 6 nitrogen and oxygen atoms in total. The third-order valence-corrected chi connectivity index (χ3v) is 5.28. The largest absolute Gasteiger partial charge is 0.489 e. The fraction of sp³-hybridized carbons (Fsp3) is 0.154. The van der Waals surface area contributed by atoms with E-state index in [2.05, 4.69) is 4.98 Å². The highest BCUT2D eigenvalue weighted by Gasteiger charge is 2.28. The number of hydrogen-bond donors (Lipinski definition) is 0.